The summed E-state index contributed by atoms with van der Waals surface area (Å²) >= 11 is 3.32. The number of fused-ring (bicyclic) bond motifs is 1. The van der Waals surface area contributed by atoms with Gasteiger partial charge in [0.15, 0.2) is 0 Å². The molecule has 0 unspecified atom stereocenters. The van der Waals surface area contributed by atoms with Gasteiger partial charge >= 0.3 is 0 Å². The fraction of sp³-hybridized carbons (Fsp3) is 0.353. The Morgan fingerprint density at radius 2 is 1.74 bits per heavy atom. The van der Waals surface area contributed by atoms with Gasteiger partial charge in [-0.05, 0) is 42.9 Å². The van der Waals surface area contributed by atoms with Crippen molar-refractivity contribution in [2.75, 3.05) is 0 Å². The zero-order valence-corrected chi connectivity index (χ0v) is 13.8. The molecule has 3 aliphatic carbocycles. The van der Waals surface area contributed by atoms with Crippen LogP contribution in [0.3, 0.4) is 0 Å². The van der Waals surface area contributed by atoms with Gasteiger partial charge in [-0.1, -0.05) is 28.1 Å². The SMILES string of the molecule is O=C1[C@@H]2[C@@H](C(=O)N1/N=C/c1cc(Br)ccc1O)[C@@H]1C=C[C@@H]2CC1. The fourth-order valence-electron chi connectivity index (χ4n) is 3.92. The van der Waals surface area contributed by atoms with Crippen LogP contribution in [0.1, 0.15) is 18.4 Å². The van der Waals surface area contributed by atoms with E-state index in [1.54, 1.807) is 12.1 Å². The van der Waals surface area contributed by atoms with Gasteiger partial charge in [-0.25, -0.2) is 0 Å². The summed E-state index contributed by atoms with van der Waals surface area (Å²) in [5.74, 6) is -0.606. The maximum atomic E-state index is 12.6. The first-order valence-corrected chi connectivity index (χ1v) is 8.44. The number of phenols is 1. The molecule has 1 aromatic carbocycles. The summed E-state index contributed by atoms with van der Waals surface area (Å²) in [6, 6.07) is 4.92. The van der Waals surface area contributed by atoms with Crippen molar-refractivity contribution in [3.05, 3.63) is 40.4 Å². The number of carbonyl (C=O) groups excluding carboxylic acids is 2. The molecule has 0 radical (unpaired) electrons. The van der Waals surface area contributed by atoms with Gasteiger partial charge < -0.3 is 5.11 Å². The van der Waals surface area contributed by atoms with Crippen molar-refractivity contribution in [3.8, 4) is 5.75 Å². The average Bonchev–Trinajstić information content (AvgIpc) is 2.83. The molecule has 4 aliphatic rings. The summed E-state index contributed by atoms with van der Waals surface area (Å²) in [7, 11) is 0. The molecule has 23 heavy (non-hydrogen) atoms. The molecular weight excluding hydrogens is 360 g/mol. The minimum Gasteiger partial charge on any atom is -0.507 e. The molecule has 0 aromatic heterocycles. The van der Waals surface area contributed by atoms with Gasteiger partial charge in [0, 0.05) is 10.0 Å². The van der Waals surface area contributed by atoms with Crippen molar-refractivity contribution in [1.82, 2.24) is 5.01 Å². The Balaban J connectivity index is 1.63. The van der Waals surface area contributed by atoms with Crippen LogP contribution in [0.5, 0.6) is 5.75 Å². The topological polar surface area (TPSA) is 70.0 Å². The lowest BCUT2D eigenvalue weighted by Crippen LogP contribution is -2.38. The van der Waals surface area contributed by atoms with Crippen molar-refractivity contribution < 1.29 is 14.7 Å². The Morgan fingerprint density at radius 3 is 2.30 bits per heavy atom. The van der Waals surface area contributed by atoms with Crippen LogP contribution in [0, 0.1) is 23.7 Å². The summed E-state index contributed by atoms with van der Waals surface area (Å²) in [5, 5.41) is 14.9. The number of halogens is 1. The van der Waals surface area contributed by atoms with E-state index in [1.807, 2.05) is 0 Å². The van der Waals surface area contributed by atoms with Gasteiger partial charge in [0.2, 0.25) is 0 Å². The fourth-order valence-corrected chi connectivity index (χ4v) is 4.30. The molecular formula is C17H15BrN2O3. The Kier molecular flexibility index (Phi) is 3.37. The highest BCUT2D eigenvalue weighted by molar-refractivity contribution is 9.10. The monoisotopic (exact) mass is 374 g/mol. The van der Waals surface area contributed by atoms with Crippen LogP contribution in [0.4, 0.5) is 0 Å². The number of aromatic hydroxyl groups is 1. The number of hydrogen-bond donors (Lipinski definition) is 1. The van der Waals surface area contributed by atoms with Gasteiger partial charge in [0.05, 0.1) is 18.1 Å². The normalized spacial score (nSPS) is 32.1. The highest BCUT2D eigenvalue weighted by Gasteiger charge is 2.56. The Labute approximate surface area is 141 Å². The van der Waals surface area contributed by atoms with E-state index < -0.39 is 0 Å². The third-order valence-electron chi connectivity index (χ3n) is 5.04. The lowest BCUT2D eigenvalue weighted by molar-refractivity contribution is -0.140. The zero-order valence-electron chi connectivity index (χ0n) is 12.2. The third-order valence-corrected chi connectivity index (χ3v) is 5.53. The van der Waals surface area contributed by atoms with Crippen molar-refractivity contribution in [2.45, 2.75) is 12.8 Å². The second-order valence-corrected chi connectivity index (χ2v) is 7.19. The van der Waals surface area contributed by atoms with Crippen LogP contribution in [0.25, 0.3) is 0 Å². The Hall–Kier alpha value is -1.95. The molecule has 5 rings (SSSR count). The molecule has 1 saturated carbocycles. The summed E-state index contributed by atoms with van der Waals surface area (Å²) < 4.78 is 0.784. The van der Waals surface area contributed by atoms with Crippen LogP contribution < -0.4 is 0 Å². The van der Waals surface area contributed by atoms with Gasteiger partial charge in [0.1, 0.15) is 5.75 Å². The minimum atomic E-state index is -0.264. The number of hydrazone groups is 1. The van der Waals surface area contributed by atoms with Crippen molar-refractivity contribution in [1.29, 1.82) is 0 Å². The van der Waals surface area contributed by atoms with Crippen LogP contribution in [0.15, 0.2) is 39.9 Å². The van der Waals surface area contributed by atoms with Gasteiger partial charge in [-0.3, -0.25) is 9.59 Å². The average molecular weight is 375 g/mol. The predicted octanol–water partition coefficient (Wildman–Crippen LogP) is 2.69. The van der Waals surface area contributed by atoms with Crippen LogP contribution in [0.2, 0.25) is 0 Å². The number of allylic oxidation sites excluding steroid dienone is 2. The molecule has 118 valence electrons. The van der Waals surface area contributed by atoms with E-state index in [4.69, 9.17) is 0 Å². The van der Waals surface area contributed by atoms with E-state index in [1.165, 1.54) is 12.3 Å². The molecule has 1 aromatic rings. The van der Waals surface area contributed by atoms with E-state index in [9.17, 15) is 14.7 Å². The number of rotatable bonds is 2. The van der Waals surface area contributed by atoms with E-state index in [0.717, 1.165) is 22.3 Å². The second kappa shape index (κ2) is 5.30. The number of nitrogens with zero attached hydrogens (tertiary/aromatic N) is 2. The lowest BCUT2D eigenvalue weighted by Gasteiger charge is -2.37. The molecule has 1 heterocycles. The number of carbonyl (C=O) groups is 2. The highest BCUT2D eigenvalue weighted by Crippen LogP contribution is 2.49. The maximum absolute atomic E-state index is 12.6. The summed E-state index contributed by atoms with van der Waals surface area (Å²) in [4.78, 5) is 25.2. The first-order valence-electron chi connectivity index (χ1n) is 7.65. The molecule has 2 amide bonds. The Bertz CT molecular complexity index is 726. The molecule has 5 nitrogen and oxygen atoms in total. The largest absolute Gasteiger partial charge is 0.507 e. The molecule has 2 bridgehead atoms. The highest BCUT2D eigenvalue weighted by atomic mass is 79.9. The van der Waals surface area contributed by atoms with E-state index in [0.29, 0.717) is 5.56 Å². The number of imide groups is 1. The van der Waals surface area contributed by atoms with Crippen molar-refractivity contribution >= 4 is 34.0 Å². The van der Waals surface area contributed by atoms with Crippen LogP contribution >= 0.6 is 15.9 Å². The number of hydrogen-bond acceptors (Lipinski definition) is 4. The smallest absolute Gasteiger partial charge is 0.254 e. The molecule has 0 spiro atoms. The molecule has 1 N–H and O–H groups in total. The predicted molar refractivity (Wildman–Crippen MR) is 87.6 cm³/mol. The Morgan fingerprint density at radius 1 is 1.13 bits per heavy atom. The molecule has 1 saturated heterocycles. The standard InChI is InChI=1S/C17H15BrN2O3/c18-12-5-6-13(21)11(7-12)8-19-20-16(22)14-9-1-2-10(4-3-9)15(14)17(20)23/h1-2,5-10,14-15,21H,3-4H2/b19-8+/t9-,10-,14+,15+/m1/s1. The number of amides is 2. The van der Waals surface area contributed by atoms with Gasteiger partial charge in [-0.15, -0.1) is 0 Å². The molecule has 2 fully saturated rings. The first-order chi connectivity index (χ1) is 11.1. The molecule has 1 aliphatic heterocycles. The van der Waals surface area contributed by atoms with E-state index in [-0.39, 0.29) is 41.2 Å². The van der Waals surface area contributed by atoms with E-state index in [2.05, 4.69) is 33.2 Å². The van der Waals surface area contributed by atoms with Crippen LogP contribution in [-0.4, -0.2) is 28.1 Å². The molecule has 6 heteroatoms. The maximum Gasteiger partial charge on any atom is 0.254 e. The first kappa shape index (κ1) is 14.6. The second-order valence-electron chi connectivity index (χ2n) is 6.28. The summed E-state index contributed by atoms with van der Waals surface area (Å²) in [5.41, 5.74) is 0.455. The van der Waals surface area contributed by atoms with Gasteiger partial charge in [0.25, 0.3) is 11.8 Å². The van der Waals surface area contributed by atoms with Crippen molar-refractivity contribution in [2.24, 2.45) is 28.8 Å². The zero-order chi connectivity index (χ0) is 16.1. The van der Waals surface area contributed by atoms with E-state index >= 15 is 0 Å². The summed E-state index contributed by atoms with van der Waals surface area (Å²) in [6.45, 7) is 0. The molecule has 4 atom stereocenters. The third kappa shape index (κ3) is 2.24. The van der Waals surface area contributed by atoms with Crippen LogP contribution in [-0.2, 0) is 9.59 Å². The summed E-state index contributed by atoms with van der Waals surface area (Å²) in [6.07, 6.45) is 7.45. The lowest BCUT2D eigenvalue weighted by atomic mass is 9.63. The number of phenolic OH excluding ortho intramolecular Hbond substituents is 1. The minimum absolute atomic E-state index is 0.0511. The quantitative estimate of drug-likeness (QED) is 0.491. The van der Waals surface area contributed by atoms with Gasteiger partial charge in [-0.2, -0.15) is 10.1 Å². The number of benzene rings is 1. The van der Waals surface area contributed by atoms with Crippen molar-refractivity contribution in [3.63, 3.8) is 0 Å².